The van der Waals surface area contributed by atoms with E-state index in [2.05, 4.69) is 28.8 Å². The number of pyridine rings is 1. The first-order chi connectivity index (χ1) is 12.6. The van der Waals surface area contributed by atoms with E-state index in [1.54, 1.807) is 18.5 Å². The molecule has 1 aliphatic rings. The first-order valence-corrected chi connectivity index (χ1v) is 8.60. The Morgan fingerprint density at radius 2 is 2.19 bits per heavy atom. The van der Waals surface area contributed by atoms with Crippen LogP contribution in [0, 0.1) is 0 Å². The van der Waals surface area contributed by atoms with Crippen LogP contribution in [-0.4, -0.2) is 33.9 Å². The number of allylic oxidation sites excluding steroid dienone is 3. The zero-order valence-corrected chi connectivity index (χ0v) is 15.0. The number of hydrogen-bond donors (Lipinski definition) is 2. The molecule has 2 aromatic rings. The number of ether oxygens (including phenoxy) is 1. The van der Waals surface area contributed by atoms with Crippen molar-refractivity contribution >= 4 is 22.5 Å². The predicted molar refractivity (Wildman–Crippen MR) is 101 cm³/mol. The summed E-state index contributed by atoms with van der Waals surface area (Å²) in [5, 5.41) is 9.74. The monoisotopic (exact) mass is 353 g/mol. The molecule has 0 bridgehead atoms. The summed E-state index contributed by atoms with van der Waals surface area (Å²) in [6.07, 6.45) is 8.57. The minimum Gasteiger partial charge on any atom is -0.377 e. The number of amides is 1. The Hall–Kier alpha value is -2.70. The van der Waals surface area contributed by atoms with Crippen LogP contribution in [0.15, 0.2) is 53.8 Å². The largest absolute Gasteiger partial charge is 0.377 e. The molecule has 1 amide bonds. The highest BCUT2D eigenvalue weighted by atomic mass is 16.5. The lowest BCUT2D eigenvalue weighted by atomic mass is 10.1. The maximum Gasteiger partial charge on any atom is 0.270 e. The summed E-state index contributed by atoms with van der Waals surface area (Å²) in [5.74, 6) is -0.503. The van der Waals surface area contributed by atoms with Crippen molar-refractivity contribution in [3.63, 3.8) is 0 Å². The maximum atomic E-state index is 11.3. The third-order valence-corrected chi connectivity index (χ3v) is 4.40. The Balaban J connectivity index is 1.84. The summed E-state index contributed by atoms with van der Waals surface area (Å²) in [6.45, 7) is 5.70. The van der Waals surface area contributed by atoms with Gasteiger partial charge >= 0.3 is 0 Å². The second-order valence-corrected chi connectivity index (χ2v) is 6.41. The van der Waals surface area contributed by atoms with Gasteiger partial charge in [-0.05, 0) is 44.0 Å². The predicted octanol–water partition coefficient (Wildman–Crippen LogP) is 3.24. The molecule has 0 unspecified atom stereocenters. The molecule has 0 aliphatic carbocycles. The molecule has 3 heterocycles. The first-order valence-electron chi connectivity index (χ1n) is 8.60. The van der Waals surface area contributed by atoms with Crippen molar-refractivity contribution in [2.45, 2.75) is 26.8 Å². The normalized spacial score (nSPS) is 15.9. The van der Waals surface area contributed by atoms with Crippen molar-refractivity contribution in [1.29, 1.82) is 0 Å². The Kier molecular flexibility index (Phi) is 5.65. The SMILES string of the molecule is C/C(=C\C=C(/C)C(=O)NO)Cn1ccc2ccc(C3=CCOCC3)nc21. The van der Waals surface area contributed by atoms with Gasteiger partial charge in [-0.3, -0.25) is 10.0 Å². The fourth-order valence-electron chi connectivity index (χ4n) is 2.88. The van der Waals surface area contributed by atoms with E-state index in [0.717, 1.165) is 35.3 Å². The Morgan fingerprint density at radius 3 is 2.92 bits per heavy atom. The molecule has 0 spiro atoms. The van der Waals surface area contributed by atoms with Gasteiger partial charge < -0.3 is 9.30 Å². The van der Waals surface area contributed by atoms with Crippen LogP contribution in [-0.2, 0) is 16.1 Å². The lowest BCUT2D eigenvalue weighted by Gasteiger charge is -2.13. The van der Waals surface area contributed by atoms with Crippen LogP contribution in [0.1, 0.15) is 26.0 Å². The number of nitrogens with zero attached hydrogens (tertiary/aromatic N) is 2. The summed E-state index contributed by atoms with van der Waals surface area (Å²) in [4.78, 5) is 16.2. The van der Waals surface area contributed by atoms with Crippen LogP contribution in [0.2, 0.25) is 0 Å². The number of hydrogen-bond acceptors (Lipinski definition) is 4. The number of carbonyl (C=O) groups is 1. The van der Waals surface area contributed by atoms with Crippen LogP contribution < -0.4 is 5.48 Å². The number of rotatable bonds is 5. The molecule has 6 nitrogen and oxygen atoms in total. The van der Waals surface area contributed by atoms with E-state index in [1.165, 1.54) is 5.57 Å². The van der Waals surface area contributed by atoms with Crippen molar-refractivity contribution in [3.05, 3.63) is 59.5 Å². The van der Waals surface area contributed by atoms with E-state index >= 15 is 0 Å². The van der Waals surface area contributed by atoms with E-state index in [9.17, 15) is 4.79 Å². The van der Waals surface area contributed by atoms with E-state index in [1.807, 2.05) is 19.2 Å². The second-order valence-electron chi connectivity index (χ2n) is 6.41. The molecule has 0 fully saturated rings. The fourth-order valence-corrected chi connectivity index (χ4v) is 2.88. The van der Waals surface area contributed by atoms with Gasteiger partial charge in [-0.2, -0.15) is 0 Å². The second kappa shape index (κ2) is 8.12. The lowest BCUT2D eigenvalue weighted by Crippen LogP contribution is -2.19. The highest BCUT2D eigenvalue weighted by Gasteiger charge is 2.10. The quantitative estimate of drug-likeness (QED) is 0.374. The average Bonchev–Trinajstić information content (AvgIpc) is 3.08. The Morgan fingerprint density at radius 1 is 1.35 bits per heavy atom. The van der Waals surface area contributed by atoms with Gasteiger partial charge in [-0.25, -0.2) is 10.5 Å². The molecule has 6 heteroatoms. The van der Waals surface area contributed by atoms with Crippen LogP contribution in [0.25, 0.3) is 16.6 Å². The zero-order valence-electron chi connectivity index (χ0n) is 15.0. The van der Waals surface area contributed by atoms with Gasteiger partial charge in [0.05, 0.1) is 18.9 Å². The molecule has 0 saturated carbocycles. The Labute approximate surface area is 152 Å². The summed E-state index contributed by atoms with van der Waals surface area (Å²) < 4.78 is 7.47. The minimum absolute atomic E-state index is 0.441. The minimum atomic E-state index is -0.503. The third-order valence-electron chi connectivity index (χ3n) is 4.40. The molecule has 26 heavy (non-hydrogen) atoms. The molecular formula is C20H23N3O3. The molecular weight excluding hydrogens is 330 g/mol. The van der Waals surface area contributed by atoms with E-state index < -0.39 is 5.91 Å². The summed E-state index contributed by atoms with van der Waals surface area (Å²) in [6, 6.07) is 6.21. The third kappa shape index (κ3) is 4.09. The maximum absolute atomic E-state index is 11.3. The topological polar surface area (TPSA) is 76.4 Å². The van der Waals surface area contributed by atoms with Gasteiger partial charge in [-0.15, -0.1) is 0 Å². The van der Waals surface area contributed by atoms with Gasteiger partial charge in [0, 0.05) is 23.7 Å². The van der Waals surface area contributed by atoms with Crippen molar-refractivity contribution in [3.8, 4) is 0 Å². The fraction of sp³-hybridized carbons (Fsp3) is 0.300. The first kappa shape index (κ1) is 18.1. The number of hydroxylamine groups is 1. The number of aromatic nitrogens is 2. The molecule has 0 atom stereocenters. The van der Waals surface area contributed by atoms with Crippen LogP contribution in [0.4, 0.5) is 0 Å². The molecule has 136 valence electrons. The lowest BCUT2D eigenvalue weighted by molar-refractivity contribution is -0.125. The van der Waals surface area contributed by atoms with Crippen LogP contribution in [0.3, 0.4) is 0 Å². The highest BCUT2D eigenvalue weighted by Crippen LogP contribution is 2.23. The molecule has 0 aromatic carbocycles. The molecule has 3 rings (SSSR count). The molecule has 0 radical (unpaired) electrons. The molecule has 0 saturated heterocycles. The van der Waals surface area contributed by atoms with Crippen molar-refractivity contribution in [1.82, 2.24) is 15.0 Å². The van der Waals surface area contributed by atoms with Crippen molar-refractivity contribution in [2.75, 3.05) is 13.2 Å². The van der Waals surface area contributed by atoms with E-state index in [0.29, 0.717) is 18.7 Å². The standard InChI is InChI=1S/C20H23N3O3/c1-14(3-4-15(2)20(24)22-25)13-23-10-7-17-5-6-18(21-19(17)23)16-8-11-26-12-9-16/h3-8,10,25H,9,11-13H2,1-2H3,(H,22,24)/b14-3+,15-4+. The summed E-state index contributed by atoms with van der Waals surface area (Å²) in [5.41, 5.74) is 6.31. The van der Waals surface area contributed by atoms with Gasteiger partial charge in [0.2, 0.25) is 0 Å². The van der Waals surface area contributed by atoms with Crippen LogP contribution >= 0.6 is 0 Å². The van der Waals surface area contributed by atoms with Gasteiger partial charge in [-0.1, -0.05) is 23.8 Å². The summed E-state index contributed by atoms with van der Waals surface area (Å²) >= 11 is 0. The highest BCUT2D eigenvalue weighted by molar-refractivity contribution is 5.92. The average molecular weight is 353 g/mol. The number of fused-ring (bicyclic) bond motifs is 1. The van der Waals surface area contributed by atoms with Gasteiger partial charge in [0.1, 0.15) is 5.65 Å². The zero-order chi connectivity index (χ0) is 18.5. The van der Waals surface area contributed by atoms with Crippen molar-refractivity contribution in [2.24, 2.45) is 0 Å². The molecule has 2 N–H and O–H groups in total. The van der Waals surface area contributed by atoms with E-state index in [4.69, 9.17) is 14.9 Å². The molecule has 1 aliphatic heterocycles. The molecule has 2 aromatic heterocycles. The van der Waals surface area contributed by atoms with Crippen molar-refractivity contribution < 1.29 is 14.7 Å². The number of carbonyl (C=O) groups excluding carboxylic acids is 1. The van der Waals surface area contributed by atoms with Crippen LogP contribution in [0.5, 0.6) is 0 Å². The Bertz CT molecular complexity index is 906. The summed E-state index contributed by atoms with van der Waals surface area (Å²) in [7, 11) is 0. The van der Waals surface area contributed by atoms with Gasteiger partial charge in [0.15, 0.2) is 0 Å². The smallest absolute Gasteiger partial charge is 0.270 e. The van der Waals surface area contributed by atoms with Gasteiger partial charge in [0.25, 0.3) is 5.91 Å². The van der Waals surface area contributed by atoms with E-state index in [-0.39, 0.29) is 0 Å². The number of nitrogens with one attached hydrogen (secondary N) is 1.